The van der Waals surface area contributed by atoms with E-state index in [4.69, 9.17) is 0 Å². The highest BCUT2D eigenvalue weighted by Crippen LogP contribution is 2.40. The van der Waals surface area contributed by atoms with Crippen molar-refractivity contribution in [3.05, 3.63) is 29.1 Å². The molecule has 4 nitrogen and oxygen atoms in total. The van der Waals surface area contributed by atoms with Gasteiger partial charge in [-0.3, -0.25) is 0 Å². The normalized spacial score (nSPS) is 15.6. The SMILES string of the molecule is CC.O=C(Oc1c(F)c(F)c(F)c(F)c1F)OC1(C(F)(F)F)COC1. The largest absolute Gasteiger partial charge is 0.515 e. The van der Waals surface area contributed by atoms with E-state index < -0.39 is 66.0 Å². The number of hydrogen-bond acceptors (Lipinski definition) is 4. The van der Waals surface area contributed by atoms with Crippen molar-refractivity contribution >= 4 is 6.16 Å². The molecule has 0 saturated carbocycles. The second-order valence-electron chi connectivity index (χ2n) is 4.34. The van der Waals surface area contributed by atoms with Gasteiger partial charge in [-0.2, -0.15) is 22.0 Å². The summed E-state index contributed by atoms with van der Waals surface area (Å²) in [4.78, 5) is 11.2. The fourth-order valence-corrected chi connectivity index (χ4v) is 1.51. The van der Waals surface area contributed by atoms with Crippen LogP contribution in [-0.2, 0) is 9.47 Å². The van der Waals surface area contributed by atoms with Crippen molar-refractivity contribution in [1.29, 1.82) is 0 Å². The van der Waals surface area contributed by atoms with Crippen LogP contribution < -0.4 is 4.74 Å². The molecule has 0 spiro atoms. The Balaban J connectivity index is 0.00000151. The molecule has 1 aliphatic rings. The molecule has 1 aromatic carbocycles. The van der Waals surface area contributed by atoms with E-state index in [1.54, 1.807) is 0 Å². The van der Waals surface area contributed by atoms with Gasteiger partial charge in [-0.1, -0.05) is 13.8 Å². The number of halogens is 8. The number of alkyl halides is 3. The van der Waals surface area contributed by atoms with Crippen molar-refractivity contribution < 1.29 is 54.1 Å². The van der Waals surface area contributed by atoms with Gasteiger partial charge in [0, 0.05) is 0 Å². The standard InChI is InChI=1S/C11H4F8O4.C2H6/c12-3-4(13)6(15)8(7(16)5(3)14)22-9(20)23-10(1-21-2-10)11(17,18)19;1-2/h1-2H2;1-2H3. The van der Waals surface area contributed by atoms with Gasteiger partial charge in [-0.15, -0.1) is 0 Å². The Morgan fingerprint density at radius 1 is 0.920 bits per heavy atom. The summed E-state index contributed by atoms with van der Waals surface area (Å²) in [5.41, 5.74) is -3.12. The Morgan fingerprint density at radius 2 is 1.32 bits per heavy atom. The lowest BCUT2D eigenvalue weighted by molar-refractivity contribution is -0.334. The van der Waals surface area contributed by atoms with E-state index in [1.807, 2.05) is 13.8 Å². The van der Waals surface area contributed by atoms with Gasteiger partial charge < -0.3 is 14.2 Å². The molecular formula is C13H10F8O4. The minimum Gasteiger partial charge on any atom is -0.413 e. The fraction of sp³-hybridized carbons (Fsp3) is 0.462. The average molecular weight is 382 g/mol. The number of benzene rings is 1. The molecular weight excluding hydrogens is 372 g/mol. The smallest absolute Gasteiger partial charge is 0.413 e. The van der Waals surface area contributed by atoms with E-state index in [2.05, 4.69) is 14.2 Å². The van der Waals surface area contributed by atoms with Crippen LogP contribution in [0.2, 0.25) is 0 Å². The summed E-state index contributed by atoms with van der Waals surface area (Å²) >= 11 is 0. The van der Waals surface area contributed by atoms with E-state index >= 15 is 0 Å². The lowest BCUT2D eigenvalue weighted by atomic mass is 10.0. The molecule has 0 atom stereocenters. The third-order valence-electron chi connectivity index (χ3n) is 2.82. The first kappa shape index (κ1) is 20.9. The third kappa shape index (κ3) is 3.78. The molecule has 25 heavy (non-hydrogen) atoms. The maximum absolute atomic E-state index is 13.2. The van der Waals surface area contributed by atoms with Crippen LogP contribution in [0.25, 0.3) is 0 Å². The summed E-state index contributed by atoms with van der Waals surface area (Å²) in [5.74, 6) is -14.6. The monoisotopic (exact) mass is 382 g/mol. The van der Waals surface area contributed by atoms with E-state index in [0.29, 0.717) is 0 Å². The van der Waals surface area contributed by atoms with E-state index in [1.165, 1.54) is 0 Å². The van der Waals surface area contributed by atoms with Gasteiger partial charge >= 0.3 is 12.3 Å². The van der Waals surface area contributed by atoms with Crippen LogP contribution in [0.15, 0.2) is 0 Å². The van der Waals surface area contributed by atoms with Crippen LogP contribution in [0.3, 0.4) is 0 Å². The zero-order valence-corrected chi connectivity index (χ0v) is 12.6. The van der Waals surface area contributed by atoms with Gasteiger partial charge in [0.25, 0.3) is 5.60 Å². The molecule has 1 aromatic rings. The van der Waals surface area contributed by atoms with Crippen LogP contribution in [0, 0.1) is 29.1 Å². The number of hydrogen-bond donors (Lipinski definition) is 0. The summed E-state index contributed by atoms with van der Waals surface area (Å²) in [7, 11) is 0. The van der Waals surface area contributed by atoms with Gasteiger partial charge in [0.2, 0.25) is 34.8 Å². The van der Waals surface area contributed by atoms with Crippen LogP contribution >= 0.6 is 0 Å². The van der Waals surface area contributed by atoms with Crippen LogP contribution in [0.1, 0.15) is 13.8 Å². The molecule has 1 saturated heterocycles. The molecule has 0 N–H and O–H groups in total. The molecule has 0 aliphatic carbocycles. The second kappa shape index (κ2) is 7.42. The predicted molar refractivity (Wildman–Crippen MR) is 64.3 cm³/mol. The molecule has 142 valence electrons. The first-order chi connectivity index (χ1) is 11.5. The molecule has 1 fully saturated rings. The van der Waals surface area contributed by atoms with Crippen molar-refractivity contribution in [3.63, 3.8) is 0 Å². The van der Waals surface area contributed by atoms with Crippen molar-refractivity contribution in [2.75, 3.05) is 13.2 Å². The molecule has 12 heteroatoms. The van der Waals surface area contributed by atoms with Gasteiger partial charge in [0.15, 0.2) is 0 Å². The van der Waals surface area contributed by atoms with Crippen molar-refractivity contribution in [1.82, 2.24) is 0 Å². The van der Waals surface area contributed by atoms with Crippen molar-refractivity contribution in [3.8, 4) is 5.75 Å². The van der Waals surface area contributed by atoms with Gasteiger partial charge in [0.05, 0.1) is 13.2 Å². The predicted octanol–water partition coefficient (Wildman–Crippen LogP) is 4.26. The topological polar surface area (TPSA) is 44.8 Å². The van der Waals surface area contributed by atoms with E-state index in [9.17, 15) is 39.9 Å². The van der Waals surface area contributed by atoms with Gasteiger partial charge in [-0.25, -0.2) is 18.0 Å². The lowest BCUT2D eigenvalue weighted by Crippen LogP contribution is -2.63. The molecule has 0 unspecified atom stereocenters. The summed E-state index contributed by atoms with van der Waals surface area (Å²) in [6.45, 7) is 1.78. The minimum absolute atomic E-state index is 1.11. The summed E-state index contributed by atoms with van der Waals surface area (Å²) in [6, 6.07) is 0. The molecule has 1 heterocycles. The minimum atomic E-state index is -5.10. The lowest BCUT2D eigenvalue weighted by Gasteiger charge is -2.40. The maximum Gasteiger partial charge on any atom is 0.515 e. The number of carbonyl (C=O) groups is 1. The van der Waals surface area contributed by atoms with Crippen molar-refractivity contribution in [2.24, 2.45) is 0 Å². The highest BCUT2D eigenvalue weighted by Gasteiger charge is 2.64. The zero-order chi connectivity index (χ0) is 19.6. The first-order valence-corrected chi connectivity index (χ1v) is 6.57. The Labute approximate surface area is 135 Å². The summed E-state index contributed by atoms with van der Waals surface area (Å²) in [6.07, 6.45) is -7.41. The molecule has 0 aromatic heterocycles. The first-order valence-electron chi connectivity index (χ1n) is 6.57. The maximum atomic E-state index is 13.2. The fourth-order valence-electron chi connectivity index (χ4n) is 1.51. The summed E-state index contributed by atoms with van der Waals surface area (Å²) < 4.78 is 115. The number of rotatable bonds is 2. The van der Waals surface area contributed by atoms with Gasteiger partial charge in [0.1, 0.15) is 0 Å². The zero-order valence-electron chi connectivity index (χ0n) is 12.6. The average Bonchev–Trinajstić information content (AvgIpc) is 2.52. The molecule has 0 radical (unpaired) electrons. The molecule has 2 rings (SSSR count). The Morgan fingerprint density at radius 3 is 1.64 bits per heavy atom. The van der Waals surface area contributed by atoms with Crippen molar-refractivity contribution in [2.45, 2.75) is 25.6 Å². The molecule has 0 amide bonds. The second-order valence-corrected chi connectivity index (χ2v) is 4.34. The Kier molecular flexibility index (Phi) is 6.21. The molecule has 1 aliphatic heterocycles. The van der Waals surface area contributed by atoms with Crippen LogP contribution in [0.4, 0.5) is 39.9 Å². The Hall–Kier alpha value is -2.11. The number of ether oxygens (including phenoxy) is 3. The highest BCUT2D eigenvalue weighted by atomic mass is 19.4. The Bertz CT molecular complexity index is 625. The highest BCUT2D eigenvalue weighted by molar-refractivity contribution is 5.65. The quantitative estimate of drug-likeness (QED) is 0.252. The third-order valence-corrected chi connectivity index (χ3v) is 2.82. The van der Waals surface area contributed by atoms with Gasteiger partial charge in [-0.05, 0) is 0 Å². The van der Waals surface area contributed by atoms with Crippen LogP contribution in [0.5, 0.6) is 5.75 Å². The molecule has 0 bridgehead atoms. The van der Waals surface area contributed by atoms with E-state index in [-0.39, 0.29) is 0 Å². The summed E-state index contributed by atoms with van der Waals surface area (Å²) in [5, 5.41) is 0. The van der Waals surface area contributed by atoms with Crippen LogP contribution in [-0.4, -0.2) is 31.1 Å². The number of carbonyl (C=O) groups excluding carboxylic acids is 1. The van der Waals surface area contributed by atoms with E-state index in [0.717, 1.165) is 0 Å².